The first kappa shape index (κ1) is 33.5. The van der Waals surface area contributed by atoms with Crippen molar-refractivity contribution in [3.63, 3.8) is 0 Å². The van der Waals surface area contributed by atoms with Gasteiger partial charge in [0.1, 0.15) is 10.1 Å². The van der Waals surface area contributed by atoms with Gasteiger partial charge in [-0.25, -0.2) is 30.4 Å². The molecule has 0 aromatic heterocycles. The number of alkyl halides is 17. The van der Waals surface area contributed by atoms with Crippen molar-refractivity contribution in [2.24, 2.45) is 0 Å². The predicted octanol–water partition coefficient (Wildman–Crippen LogP) is 1.58. The molecule has 0 saturated carbocycles. The molecule has 0 aliphatic heterocycles. The van der Waals surface area contributed by atoms with E-state index in [0.717, 1.165) is 0 Å². The number of halogens is 17. The van der Waals surface area contributed by atoms with Crippen molar-refractivity contribution in [2.45, 2.75) is 59.8 Å². The minimum atomic E-state index is -8.64. The average molecular weight is 534 g/mol. The zero-order valence-corrected chi connectivity index (χ0v) is 15.2. The van der Waals surface area contributed by atoms with Crippen LogP contribution >= 0.6 is 0 Å². The number of rotatable bonds is 10. The summed E-state index contributed by atoms with van der Waals surface area (Å²) < 4.78 is 250. The molecule has 188 valence electrons. The molecule has 0 rings (SSSR count). The first-order chi connectivity index (χ1) is 13.2. The third kappa shape index (κ3) is 4.75. The van der Waals surface area contributed by atoms with E-state index in [2.05, 4.69) is 0 Å². The summed E-state index contributed by atoms with van der Waals surface area (Å²) in [6.45, 7) is 0. The molecule has 0 aromatic carbocycles. The molecule has 0 saturated heterocycles. The standard InChI is InChI=1S/C10H5F17O3S.Li/c11-1(3(13)14)2(12)5(16,17)7(20,21)9(24,25)10(26,27)8(22,23)6(18,19)4(15)31(28,29)30;/h1-4H,(H,28,29,30);/q;+1/p-1. The molecular formula is C10H4F17LiO3S. The molecule has 0 fully saturated rings. The summed E-state index contributed by atoms with van der Waals surface area (Å²) in [5.41, 5.74) is -6.03. The second-order valence-corrected chi connectivity index (χ2v) is 6.93. The van der Waals surface area contributed by atoms with Gasteiger partial charge in [-0.05, 0) is 0 Å². The number of hydrogen-bond donors (Lipinski definition) is 0. The molecule has 0 bridgehead atoms. The first-order valence-electron chi connectivity index (χ1n) is 6.59. The summed E-state index contributed by atoms with van der Waals surface area (Å²) in [5, 5.41) is 0. The van der Waals surface area contributed by atoms with Gasteiger partial charge < -0.3 is 4.55 Å². The summed E-state index contributed by atoms with van der Waals surface area (Å²) in [5.74, 6) is -49.6. The van der Waals surface area contributed by atoms with E-state index in [1.807, 2.05) is 0 Å². The van der Waals surface area contributed by atoms with Crippen molar-refractivity contribution in [3.8, 4) is 0 Å². The van der Waals surface area contributed by atoms with E-state index in [1.165, 1.54) is 0 Å². The van der Waals surface area contributed by atoms with E-state index in [1.54, 1.807) is 0 Å². The van der Waals surface area contributed by atoms with Crippen molar-refractivity contribution in [1.82, 2.24) is 0 Å². The van der Waals surface area contributed by atoms with Gasteiger partial charge in [0.15, 0.2) is 6.17 Å². The van der Waals surface area contributed by atoms with Gasteiger partial charge in [-0.15, -0.1) is 0 Å². The second kappa shape index (κ2) is 9.17. The Morgan fingerprint density at radius 1 is 0.562 bits per heavy atom. The summed E-state index contributed by atoms with van der Waals surface area (Å²) in [4.78, 5) is 0. The fourth-order valence-electron chi connectivity index (χ4n) is 1.64. The molecule has 0 aliphatic rings. The van der Waals surface area contributed by atoms with Crippen LogP contribution in [0.3, 0.4) is 0 Å². The molecule has 0 spiro atoms. The van der Waals surface area contributed by atoms with Gasteiger partial charge in [0.2, 0.25) is 6.17 Å². The molecule has 3 atom stereocenters. The zero-order valence-electron chi connectivity index (χ0n) is 14.4. The summed E-state index contributed by atoms with van der Waals surface area (Å²) >= 11 is 0. The monoisotopic (exact) mass is 534 g/mol. The second-order valence-electron chi connectivity index (χ2n) is 5.53. The Bertz CT molecular complexity index is 754. The van der Waals surface area contributed by atoms with E-state index in [0.29, 0.717) is 0 Å². The van der Waals surface area contributed by atoms with Crippen LogP contribution in [0.5, 0.6) is 0 Å². The normalized spacial score (nSPS) is 18.2. The maximum absolute atomic E-state index is 13.3. The zero-order chi connectivity index (χ0) is 25.8. The molecule has 0 N–H and O–H groups in total. The Hall–Kier alpha value is -0.683. The molecule has 0 amide bonds. The fraction of sp³-hybridized carbons (Fsp3) is 1.00. The summed E-state index contributed by atoms with van der Waals surface area (Å²) in [6, 6.07) is 0. The van der Waals surface area contributed by atoms with Crippen LogP contribution < -0.4 is 18.9 Å². The smallest absolute Gasteiger partial charge is 0.746 e. The molecule has 0 heterocycles. The Labute approximate surface area is 177 Å². The molecule has 22 heteroatoms. The maximum Gasteiger partial charge on any atom is 1.00 e. The van der Waals surface area contributed by atoms with Crippen LogP contribution in [0.4, 0.5) is 74.6 Å². The molecule has 3 nitrogen and oxygen atoms in total. The third-order valence-corrected chi connectivity index (χ3v) is 4.23. The van der Waals surface area contributed by atoms with Crippen molar-refractivity contribution >= 4 is 10.1 Å². The molecule has 0 radical (unpaired) electrons. The topological polar surface area (TPSA) is 57.2 Å². The van der Waals surface area contributed by atoms with Gasteiger partial charge in [-0.3, -0.25) is 0 Å². The molecular weight excluding hydrogens is 530 g/mol. The molecule has 3 unspecified atom stereocenters. The van der Waals surface area contributed by atoms with Gasteiger partial charge in [0, 0.05) is 0 Å². The third-order valence-electron chi connectivity index (χ3n) is 3.43. The first-order valence-corrected chi connectivity index (χ1v) is 8.06. The van der Waals surface area contributed by atoms with E-state index in [4.69, 9.17) is 0 Å². The largest absolute Gasteiger partial charge is 1.00 e. The minimum absolute atomic E-state index is 0. The minimum Gasteiger partial charge on any atom is -0.746 e. The van der Waals surface area contributed by atoms with E-state index >= 15 is 0 Å². The van der Waals surface area contributed by atoms with Gasteiger partial charge in [0.05, 0.1) is 0 Å². The predicted molar refractivity (Wildman–Crippen MR) is 60.1 cm³/mol. The molecule has 0 aromatic rings. The Morgan fingerprint density at radius 2 is 0.844 bits per heavy atom. The maximum atomic E-state index is 13.3. The van der Waals surface area contributed by atoms with Crippen LogP contribution in [0.25, 0.3) is 0 Å². The van der Waals surface area contributed by atoms with Crippen LogP contribution in [0.15, 0.2) is 0 Å². The Morgan fingerprint density at radius 3 is 1.09 bits per heavy atom. The van der Waals surface area contributed by atoms with Crippen LogP contribution in [-0.4, -0.2) is 72.8 Å². The van der Waals surface area contributed by atoms with Crippen LogP contribution in [-0.2, 0) is 10.1 Å². The van der Waals surface area contributed by atoms with Crippen LogP contribution in [0, 0.1) is 0 Å². The van der Waals surface area contributed by atoms with Crippen molar-refractivity contribution < 1.29 is 106 Å². The van der Waals surface area contributed by atoms with Gasteiger partial charge >= 0.3 is 54.4 Å². The Balaban J connectivity index is 0. The fourth-order valence-corrected chi connectivity index (χ4v) is 2.15. The van der Waals surface area contributed by atoms with E-state index < -0.39 is 69.9 Å². The SMILES string of the molecule is O=S(=O)([O-])C(F)C(F)(F)C(F)(F)C(F)(F)C(F)(F)C(F)(F)C(F)(F)C(F)C(F)C(F)F.[Li+]. The van der Waals surface area contributed by atoms with Gasteiger partial charge in [0.25, 0.3) is 11.9 Å². The average Bonchev–Trinajstić information content (AvgIpc) is 2.57. The van der Waals surface area contributed by atoms with Gasteiger partial charge in [-0.2, -0.15) is 52.7 Å². The molecule has 32 heavy (non-hydrogen) atoms. The van der Waals surface area contributed by atoms with Crippen LogP contribution in [0.2, 0.25) is 0 Å². The van der Waals surface area contributed by atoms with Crippen LogP contribution in [0.1, 0.15) is 0 Å². The quantitative estimate of drug-likeness (QED) is 0.243. The van der Waals surface area contributed by atoms with E-state index in [-0.39, 0.29) is 18.9 Å². The van der Waals surface area contributed by atoms with Crippen molar-refractivity contribution in [2.75, 3.05) is 0 Å². The Kier molecular flexibility index (Phi) is 9.59. The van der Waals surface area contributed by atoms with Gasteiger partial charge in [-0.1, -0.05) is 0 Å². The van der Waals surface area contributed by atoms with E-state index in [9.17, 15) is 87.6 Å². The number of hydrogen-bond acceptors (Lipinski definition) is 3. The van der Waals surface area contributed by atoms with Crippen molar-refractivity contribution in [1.29, 1.82) is 0 Å². The summed E-state index contributed by atoms with van der Waals surface area (Å²) in [7, 11) is -7.40. The summed E-state index contributed by atoms with van der Waals surface area (Å²) in [6.07, 6.45) is -15.9. The molecule has 0 aliphatic carbocycles. The van der Waals surface area contributed by atoms with Crippen molar-refractivity contribution in [3.05, 3.63) is 0 Å².